The number of rotatable bonds is 8. The molecule has 192 valence electrons. The Bertz CT molecular complexity index is 1190. The number of hydrogen-bond donors (Lipinski definition) is 1. The Hall–Kier alpha value is -2.14. The van der Waals surface area contributed by atoms with Crippen molar-refractivity contribution >= 4 is 27.3 Å². The van der Waals surface area contributed by atoms with E-state index < -0.39 is 27.5 Å². The molecule has 0 spiro atoms. The number of sulfone groups is 1. The van der Waals surface area contributed by atoms with E-state index in [2.05, 4.69) is 10.2 Å². The Morgan fingerprint density at radius 1 is 1.17 bits per heavy atom. The van der Waals surface area contributed by atoms with Crippen molar-refractivity contribution in [3.63, 3.8) is 0 Å². The Balaban J connectivity index is 1.80. The van der Waals surface area contributed by atoms with Crippen LogP contribution < -0.4 is 5.32 Å². The van der Waals surface area contributed by atoms with Crippen LogP contribution in [-0.4, -0.2) is 63.1 Å². The number of likely N-dealkylation sites (tertiary alicyclic amines) is 1. The Labute approximate surface area is 209 Å². The smallest absolute Gasteiger partial charge is 0.348 e. The van der Waals surface area contributed by atoms with Crippen LogP contribution in [0.15, 0.2) is 41.3 Å². The topological polar surface area (TPSA) is 69.7 Å². The van der Waals surface area contributed by atoms with Gasteiger partial charge in [0.25, 0.3) is 5.91 Å². The molecule has 1 N–H and O–H groups in total. The molecule has 0 radical (unpaired) electrons. The molecule has 1 aliphatic rings. The summed E-state index contributed by atoms with van der Waals surface area (Å²) in [7, 11) is 0.325. The van der Waals surface area contributed by atoms with Crippen molar-refractivity contribution in [3.8, 4) is 0 Å². The molecule has 0 saturated carbocycles. The minimum atomic E-state index is -4.62. The van der Waals surface area contributed by atoms with Crippen LogP contribution in [0, 0.1) is 0 Å². The zero-order valence-corrected chi connectivity index (χ0v) is 21.4. The monoisotopic (exact) mass is 531 g/mol. The Morgan fingerprint density at radius 3 is 2.49 bits per heavy atom. The number of hydrogen-bond acceptors (Lipinski definition) is 5. The van der Waals surface area contributed by atoms with Gasteiger partial charge in [0.2, 0.25) is 0 Å². The van der Waals surface area contributed by atoms with Gasteiger partial charge in [-0.15, -0.1) is 0 Å². The zero-order chi connectivity index (χ0) is 26.0. The van der Waals surface area contributed by atoms with Gasteiger partial charge in [-0.25, -0.2) is 8.42 Å². The number of nitrogens with one attached hydrogen (secondary N) is 1. The van der Waals surface area contributed by atoms with E-state index >= 15 is 0 Å². The summed E-state index contributed by atoms with van der Waals surface area (Å²) in [6, 6.07) is 8.07. The maximum Gasteiger partial charge on any atom is 0.416 e. The lowest BCUT2D eigenvalue weighted by Crippen LogP contribution is -2.31. The van der Waals surface area contributed by atoms with Crippen LogP contribution in [0.1, 0.15) is 40.4 Å². The summed E-state index contributed by atoms with van der Waals surface area (Å²) in [4.78, 5) is 16.8. The lowest BCUT2D eigenvalue weighted by molar-refractivity contribution is -0.138. The van der Waals surface area contributed by atoms with Gasteiger partial charge >= 0.3 is 6.18 Å². The van der Waals surface area contributed by atoms with Crippen LogP contribution in [0.5, 0.6) is 0 Å². The van der Waals surface area contributed by atoms with Crippen molar-refractivity contribution < 1.29 is 26.4 Å². The number of benzene rings is 2. The van der Waals surface area contributed by atoms with Crippen molar-refractivity contribution in [2.45, 2.75) is 43.5 Å². The van der Waals surface area contributed by atoms with Crippen molar-refractivity contribution in [2.24, 2.45) is 0 Å². The second-order valence-corrected chi connectivity index (χ2v) is 11.5. The molecule has 0 bridgehead atoms. The molecule has 35 heavy (non-hydrogen) atoms. The van der Waals surface area contributed by atoms with Gasteiger partial charge < -0.3 is 10.2 Å². The fraction of sp³-hybridized carbons (Fsp3) is 0.458. The van der Waals surface area contributed by atoms with E-state index in [1.54, 1.807) is 0 Å². The van der Waals surface area contributed by atoms with E-state index in [0.717, 1.165) is 12.5 Å². The maximum absolute atomic E-state index is 13.8. The summed E-state index contributed by atoms with van der Waals surface area (Å²) in [6.07, 6.45) is -3.74. The predicted molar refractivity (Wildman–Crippen MR) is 129 cm³/mol. The second-order valence-electron chi connectivity index (χ2n) is 8.85. The van der Waals surface area contributed by atoms with Crippen molar-refractivity contribution in [3.05, 3.63) is 63.7 Å². The fourth-order valence-electron chi connectivity index (χ4n) is 4.16. The molecule has 2 aromatic rings. The Morgan fingerprint density at radius 2 is 1.89 bits per heavy atom. The highest BCUT2D eigenvalue weighted by molar-refractivity contribution is 7.91. The second kappa shape index (κ2) is 10.9. The van der Waals surface area contributed by atoms with Gasteiger partial charge in [0.1, 0.15) is 0 Å². The minimum absolute atomic E-state index is 0.0256. The number of likely N-dealkylation sites (N-methyl/N-ethyl adjacent to an activating group) is 1. The highest BCUT2D eigenvalue weighted by Gasteiger charge is 2.35. The van der Waals surface area contributed by atoms with Gasteiger partial charge in [0, 0.05) is 42.8 Å². The summed E-state index contributed by atoms with van der Waals surface area (Å²) >= 11 is 5.99. The van der Waals surface area contributed by atoms with E-state index in [1.807, 2.05) is 19.0 Å². The average molecular weight is 532 g/mol. The standard InChI is InChI=1S/C24H29ClF3N3O3S/c1-4-35(33,34)22-8-7-19(25)11-18(22)13-29-23(32)16-5-6-17(21(12-16)24(26,27)28)14-31-10-9-20(15-31)30(2)3/h5-8,11-12,20H,4,9-10,13-15H2,1-3H3,(H,29,32). The highest BCUT2D eigenvalue weighted by atomic mass is 35.5. The first kappa shape index (κ1) is 27.4. The third-order valence-electron chi connectivity index (χ3n) is 6.23. The first-order valence-corrected chi connectivity index (χ1v) is 13.2. The van der Waals surface area contributed by atoms with Crippen LogP contribution in [0.25, 0.3) is 0 Å². The highest BCUT2D eigenvalue weighted by Crippen LogP contribution is 2.34. The number of amides is 1. The third-order valence-corrected chi connectivity index (χ3v) is 8.29. The van der Waals surface area contributed by atoms with Gasteiger partial charge in [-0.2, -0.15) is 13.2 Å². The molecule has 1 aliphatic heterocycles. The van der Waals surface area contributed by atoms with E-state index in [1.165, 1.54) is 37.3 Å². The van der Waals surface area contributed by atoms with Gasteiger partial charge in [-0.1, -0.05) is 24.6 Å². The zero-order valence-electron chi connectivity index (χ0n) is 19.8. The Kier molecular flexibility index (Phi) is 8.52. The molecule has 1 fully saturated rings. The van der Waals surface area contributed by atoms with Gasteiger partial charge in [-0.3, -0.25) is 9.69 Å². The fourth-order valence-corrected chi connectivity index (χ4v) is 5.47. The molecule has 0 aromatic heterocycles. The molecular formula is C24H29ClF3N3O3S. The lowest BCUT2D eigenvalue weighted by atomic mass is 10.0. The summed E-state index contributed by atoms with van der Waals surface area (Å²) in [5.74, 6) is -0.881. The van der Waals surface area contributed by atoms with E-state index in [4.69, 9.17) is 11.6 Å². The van der Waals surface area contributed by atoms with Crippen LogP contribution >= 0.6 is 11.6 Å². The normalized spacial score (nSPS) is 17.2. The number of nitrogens with zero attached hydrogens (tertiary/aromatic N) is 2. The van der Waals surface area contributed by atoms with Crippen LogP contribution in [0.3, 0.4) is 0 Å². The average Bonchev–Trinajstić information content (AvgIpc) is 3.25. The molecule has 2 aromatic carbocycles. The summed E-state index contributed by atoms with van der Waals surface area (Å²) in [5, 5.41) is 2.81. The van der Waals surface area contributed by atoms with Crippen molar-refractivity contribution in [2.75, 3.05) is 32.9 Å². The van der Waals surface area contributed by atoms with Crippen molar-refractivity contribution in [1.82, 2.24) is 15.1 Å². The molecule has 1 atom stereocenters. The number of halogens is 4. The van der Waals surface area contributed by atoms with E-state index in [0.29, 0.717) is 19.1 Å². The van der Waals surface area contributed by atoms with Crippen LogP contribution in [-0.2, 0) is 29.1 Å². The first-order chi connectivity index (χ1) is 16.3. The van der Waals surface area contributed by atoms with Gasteiger partial charge in [0.15, 0.2) is 9.84 Å². The van der Waals surface area contributed by atoms with Gasteiger partial charge in [-0.05, 0) is 62.0 Å². The van der Waals surface area contributed by atoms with Crippen LogP contribution in [0.4, 0.5) is 13.2 Å². The van der Waals surface area contributed by atoms with Gasteiger partial charge in [0.05, 0.1) is 16.2 Å². The molecule has 1 amide bonds. The molecule has 3 rings (SSSR count). The summed E-state index contributed by atoms with van der Waals surface area (Å²) in [6.45, 7) is 2.81. The predicted octanol–water partition coefficient (Wildman–Crippen LogP) is 4.22. The lowest BCUT2D eigenvalue weighted by Gasteiger charge is -2.22. The van der Waals surface area contributed by atoms with Crippen LogP contribution in [0.2, 0.25) is 5.02 Å². The first-order valence-electron chi connectivity index (χ1n) is 11.2. The molecule has 1 unspecified atom stereocenters. The van der Waals surface area contributed by atoms with Crippen molar-refractivity contribution in [1.29, 1.82) is 0 Å². The number of carbonyl (C=O) groups is 1. The molecule has 0 aliphatic carbocycles. The summed E-state index contributed by atoms with van der Waals surface area (Å²) in [5.41, 5.74) is -0.629. The molecule has 6 nitrogen and oxygen atoms in total. The quantitative estimate of drug-likeness (QED) is 0.552. The van der Waals surface area contributed by atoms with E-state index in [-0.39, 0.29) is 45.5 Å². The third kappa shape index (κ3) is 6.75. The summed E-state index contributed by atoms with van der Waals surface area (Å²) < 4.78 is 66.3. The molecule has 1 saturated heterocycles. The van der Waals surface area contributed by atoms with E-state index in [9.17, 15) is 26.4 Å². The maximum atomic E-state index is 13.8. The number of alkyl halides is 3. The molecule has 1 heterocycles. The minimum Gasteiger partial charge on any atom is -0.348 e. The molecule has 11 heteroatoms. The molecular weight excluding hydrogens is 503 g/mol. The largest absolute Gasteiger partial charge is 0.416 e. The SMILES string of the molecule is CCS(=O)(=O)c1ccc(Cl)cc1CNC(=O)c1ccc(CN2CCC(N(C)C)C2)c(C(F)(F)F)c1. The number of carbonyl (C=O) groups excluding carboxylic acids is 1.